The first-order chi connectivity index (χ1) is 5.57. The zero-order chi connectivity index (χ0) is 9.19. The van der Waals surface area contributed by atoms with Crippen LogP contribution in [0.5, 0.6) is 0 Å². The number of Topliss-reactive ketones (excluding diaryl/α,β-unsaturated/α-hetero) is 1. The van der Waals surface area contributed by atoms with E-state index in [9.17, 15) is 14.0 Å². The highest BCUT2D eigenvalue weighted by Gasteiger charge is 2.46. The van der Waals surface area contributed by atoms with Gasteiger partial charge in [0.15, 0.2) is 5.78 Å². The summed E-state index contributed by atoms with van der Waals surface area (Å²) in [4.78, 5) is 21.5. The van der Waals surface area contributed by atoms with Gasteiger partial charge in [0.1, 0.15) is 0 Å². The summed E-state index contributed by atoms with van der Waals surface area (Å²) in [5, 5.41) is 8.50. The molecule has 1 atom stereocenters. The molecule has 0 aromatic heterocycles. The molecule has 0 spiro atoms. The van der Waals surface area contributed by atoms with Crippen molar-refractivity contribution in [1.29, 1.82) is 0 Å². The second-order valence-electron chi connectivity index (χ2n) is 3.09. The first kappa shape index (κ1) is 9.16. The lowest BCUT2D eigenvalue weighted by atomic mass is 9.96. The number of ketones is 1. The Labute approximate surface area is 69.6 Å². The first-order valence-electron chi connectivity index (χ1n) is 4.03. The van der Waals surface area contributed by atoms with E-state index in [1.54, 1.807) is 0 Å². The van der Waals surface area contributed by atoms with Crippen LogP contribution in [0, 0.1) is 0 Å². The number of carboxylic acids is 1. The molecule has 1 saturated carbocycles. The molecule has 0 radical (unpaired) electrons. The smallest absolute Gasteiger partial charge is 0.349 e. The molecule has 0 aliphatic heterocycles. The molecule has 3 nitrogen and oxygen atoms in total. The summed E-state index contributed by atoms with van der Waals surface area (Å²) in [6.07, 6.45) is 1.72. The Morgan fingerprint density at radius 1 is 1.42 bits per heavy atom. The van der Waals surface area contributed by atoms with Crippen molar-refractivity contribution in [2.24, 2.45) is 0 Å². The Kier molecular flexibility index (Phi) is 2.45. The summed E-state index contributed by atoms with van der Waals surface area (Å²) >= 11 is 0. The molecule has 1 rings (SSSR count). The lowest BCUT2D eigenvalue weighted by molar-refractivity contribution is -0.157. The second-order valence-corrected chi connectivity index (χ2v) is 3.09. The Balaban J connectivity index is 2.83. The fourth-order valence-corrected chi connectivity index (χ4v) is 1.39. The van der Waals surface area contributed by atoms with Crippen molar-refractivity contribution < 1.29 is 19.1 Å². The van der Waals surface area contributed by atoms with Gasteiger partial charge in [-0.2, -0.15) is 0 Å². The molecule has 0 heterocycles. The van der Waals surface area contributed by atoms with Crippen LogP contribution in [-0.2, 0) is 9.59 Å². The van der Waals surface area contributed by atoms with Crippen molar-refractivity contribution >= 4 is 11.8 Å². The van der Waals surface area contributed by atoms with Gasteiger partial charge in [0.25, 0.3) is 5.67 Å². The van der Waals surface area contributed by atoms with Gasteiger partial charge >= 0.3 is 5.97 Å². The van der Waals surface area contributed by atoms with Crippen LogP contribution < -0.4 is 0 Å². The van der Waals surface area contributed by atoms with Gasteiger partial charge in [-0.05, 0) is 19.3 Å². The molecule has 0 aromatic rings. The predicted octanol–water partition coefficient (Wildman–Crippen LogP) is 1.31. The van der Waals surface area contributed by atoms with E-state index in [2.05, 4.69) is 0 Å². The number of hydrogen-bond donors (Lipinski definition) is 1. The van der Waals surface area contributed by atoms with Gasteiger partial charge in [-0.3, -0.25) is 4.79 Å². The molecule has 0 aromatic carbocycles. The van der Waals surface area contributed by atoms with Crippen LogP contribution >= 0.6 is 0 Å². The molecule has 1 aliphatic rings. The first-order valence-corrected chi connectivity index (χ1v) is 4.03. The highest BCUT2D eigenvalue weighted by Crippen LogP contribution is 2.27. The van der Waals surface area contributed by atoms with Gasteiger partial charge in [0.05, 0.1) is 0 Å². The maximum Gasteiger partial charge on any atom is 0.349 e. The minimum atomic E-state index is -2.60. The Morgan fingerprint density at radius 2 is 2.08 bits per heavy atom. The molecule has 1 fully saturated rings. The van der Waals surface area contributed by atoms with Crippen molar-refractivity contribution in [2.45, 2.75) is 37.8 Å². The van der Waals surface area contributed by atoms with Gasteiger partial charge in [-0.1, -0.05) is 6.42 Å². The van der Waals surface area contributed by atoms with E-state index in [0.717, 1.165) is 6.42 Å². The third-order valence-corrected chi connectivity index (χ3v) is 2.21. The Hall–Kier alpha value is -0.930. The van der Waals surface area contributed by atoms with Crippen molar-refractivity contribution in [1.82, 2.24) is 0 Å². The van der Waals surface area contributed by atoms with E-state index >= 15 is 0 Å². The number of hydrogen-bond acceptors (Lipinski definition) is 2. The highest BCUT2D eigenvalue weighted by atomic mass is 19.1. The van der Waals surface area contributed by atoms with Crippen LogP contribution in [0.1, 0.15) is 32.1 Å². The van der Waals surface area contributed by atoms with E-state index in [1.807, 2.05) is 0 Å². The van der Waals surface area contributed by atoms with Gasteiger partial charge in [0.2, 0.25) is 0 Å². The largest absolute Gasteiger partial charge is 0.479 e. The average molecular weight is 174 g/mol. The van der Waals surface area contributed by atoms with Crippen LogP contribution in [0.2, 0.25) is 0 Å². The van der Waals surface area contributed by atoms with E-state index in [4.69, 9.17) is 5.11 Å². The van der Waals surface area contributed by atoms with Gasteiger partial charge in [-0.15, -0.1) is 0 Å². The minimum absolute atomic E-state index is 0.0583. The SMILES string of the molecule is O=C(O)C1(F)CCCCCC1=O. The minimum Gasteiger partial charge on any atom is -0.479 e. The molecule has 0 amide bonds. The molecule has 1 unspecified atom stereocenters. The van der Waals surface area contributed by atoms with E-state index in [1.165, 1.54) is 0 Å². The van der Waals surface area contributed by atoms with E-state index in [0.29, 0.717) is 12.8 Å². The monoisotopic (exact) mass is 174 g/mol. The van der Waals surface area contributed by atoms with Crippen LogP contribution in [0.25, 0.3) is 0 Å². The standard InChI is InChI=1S/C8H11FO3/c9-8(7(11)12)5-3-1-2-4-6(8)10/h1-5H2,(H,11,12). The second kappa shape index (κ2) is 3.21. The third kappa shape index (κ3) is 1.47. The topological polar surface area (TPSA) is 54.4 Å². The molecule has 0 saturated heterocycles. The number of aliphatic carboxylic acids is 1. The van der Waals surface area contributed by atoms with Gasteiger partial charge in [0, 0.05) is 6.42 Å². The zero-order valence-electron chi connectivity index (χ0n) is 6.68. The predicted molar refractivity (Wildman–Crippen MR) is 39.6 cm³/mol. The Morgan fingerprint density at radius 3 is 2.67 bits per heavy atom. The van der Waals surface area contributed by atoms with Crippen LogP contribution in [-0.4, -0.2) is 22.5 Å². The molecule has 4 heteroatoms. The summed E-state index contributed by atoms with van der Waals surface area (Å²) in [5.41, 5.74) is -2.60. The van der Waals surface area contributed by atoms with E-state index < -0.39 is 17.4 Å². The Bertz CT molecular complexity index is 214. The summed E-state index contributed by atoms with van der Waals surface area (Å²) in [7, 11) is 0. The van der Waals surface area contributed by atoms with E-state index in [-0.39, 0.29) is 12.8 Å². The zero-order valence-corrected chi connectivity index (χ0v) is 6.68. The normalized spacial score (nSPS) is 31.2. The highest BCUT2D eigenvalue weighted by molar-refractivity contribution is 6.06. The summed E-state index contributed by atoms with van der Waals surface area (Å²) in [6.45, 7) is 0. The van der Waals surface area contributed by atoms with Crippen LogP contribution in [0.4, 0.5) is 4.39 Å². The van der Waals surface area contributed by atoms with Crippen molar-refractivity contribution in [3.05, 3.63) is 0 Å². The maximum absolute atomic E-state index is 13.4. The number of carbonyl (C=O) groups excluding carboxylic acids is 1. The fraction of sp³-hybridized carbons (Fsp3) is 0.750. The summed E-state index contributed by atoms with van der Waals surface area (Å²) in [5.74, 6) is -2.40. The van der Waals surface area contributed by atoms with Crippen molar-refractivity contribution in [2.75, 3.05) is 0 Å². The van der Waals surface area contributed by atoms with Gasteiger partial charge < -0.3 is 5.11 Å². The maximum atomic E-state index is 13.4. The fourth-order valence-electron chi connectivity index (χ4n) is 1.39. The number of carboxylic acid groups (broad SMARTS) is 1. The number of alkyl halides is 1. The van der Waals surface area contributed by atoms with Crippen molar-refractivity contribution in [3.8, 4) is 0 Å². The molecule has 1 N–H and O–H groups in total. The molecule has 68 valence electrons. The summed E-state index contributed by atoms with van der Waals surface area (Å²) in [6, 6.07) is 0. The summed E-state index contributed by atoms with van der Waals surface area (Å²) < 4.78 is 13.4. The molecular weight excluding hydrogens is 163 g/mol. The molecule has 12 heavy (non-hydrogen) atoms. The average Bonchev–Trinajstić information content (AvgIpc) is 2.16. The third-order valence-electron chi connectivity index (χ3n) is 2.21. The number of halogens is 1. The van der Waals surface area contributed by atoms with Gasteiger partial charge in [-0.25, -0.2) is 9.18 Å². The lowest BCUT2D eigenvalue weighted by Crippen LogP contribution is -2.41. The van der Waals surface area contributed by atoms with Crippen LogP contribution in [0.15, 0.2) is 0 Å². The number of carbonyl (C=O) groups is 2. The molecular formula is C8H11FO3. The molecule has 0 bridgehead atoms. The quantitative estimate of drug-likeness (QED) is 0.481. The number of rotatable bonds is 1. The van der Waals surface area contributed by atoms with Crippen molar-refractivity contribution in [3.63, 3.8) is 0 Å². The molecule has 1 aliphatic carbocycles. The lowest BCUT2D eigenvalue weighted by Gasteiger charge is -2.15. The van der Waals surface area contributed by atoms with Crippen LogP contribution in [0.3, 0.4) is 0 Å².